The van der Waals surface area contributed by atoms with Gasteiger partial charge in [-0.15, -0.1) is 0 Å². The molecule has 0 heterocycles. The van der Waals surface area contributed by atoms with E-state index >= 15 is 0 Å². The Hall–Kier alpha value is -0.940. The van der Waals surface area contributed by atoms with Crippen LogP contribution in [0.4, 0.5) is 0 Å². The Morgan fingerprint density at radius 3 is 2.33 bits per heavy atom. The van der Waals surface area contributed by atoms with Crippen molar-refractivity contribution >= 4 is 11.8 Å². The van der Waals surface area contributed by atoms with Crippen LogP contribution in [0.25, 0.3) is 0 Å². The number of quaternary nitrogens is 1. The maximum atomic E-state index is 11.8. The molecule has 0 rings (SSSR count). The van der Waals surface area contributed by atoms with Crippen LogP contribution in [0, 0.1) is 0 Å². The highest BCUT2D eigenvalue weighted by Gasteiger charge is 2.39. The molecular formula is C10H19NO4. The smallest absolute Gasteiger partial charge is 0.177 e. The Morgan fingerprint density at radius 2 is 2.00 bits per heavy atom. The van der Waals surface area contributed by atoms with Crippen LogP contribution in [0.1, 0.15) is 23.8 Å². The summed E-state index contributed by atoms with van der Waals surface area (Å²) in [5, 5.41) is 20.7. The van der Waals surface area contributed by atoms with Crippen LogP contribution >= 0.6 is 0 Å². The van der Waals surface area contributed by atoms with Crippen molar-refractivity contribution in [1.29, 1.82) is 0 Å². The third kappa shape index (κ3) is 4.90. The normalized spacial score (nSPS) is 19.6. The summed E-state index contributed by atoms with van der Waals surface area (Å²) in [5.74, 6) is -2.59. The molecule has 0 amide bonds. The number of hydrogen-bond donors (Lipinski definition) is 1. The molecule has 0 fully saturated rings. The van der Waals surface area contributed by atoms with Crippen molar-refractivity contribution in [1.82, 2.24) is 0 Å². The lowest BCUT2D eigenvalue weighted by Gasteiger charge is -2.34. The van der Waals surface area contributed by atoms with Gasteiger partial charge in [-0.3, -0.25) is 4.79 Å². The Labute approximate surface area is 94.1 Å². The minimum absolute atomic E-state index is 0.122. The largest absolute Gasteiger partial charge is 0.550 e. The van der Waals surface area contributed by atoms with Gasteiger partial charge in [0.1, 0.15) is 6.54 Å². The highest BCUT2D eigenvalue weighted by molar-refractivity contribution is 5.90. The van der Waals surface area contributed by atoms with Crippen LogP contribution in [0.2, 0.25) is 0 Å². The van der Waals surface area contributed by atoms with Gasteiger partial charge in [-0.05, 0) is 0 Å². The Morgan fingerprint density at radius 1 is 1.47 bits per heavy atom. The summed E-state index contributed by atoms with van der Waals surface area (Å²) >= 11 is 0. The molecule has 0 saturated heterocycles. The second-order valence-electron chi connectivity index (χ2n) is 4.63. The average Bonchev–Trinajstić information content (AvgIpc) is 1.93. The maximum Gasteiger partial charge on any atom is 0.177 e. The van der Waals surface area contributed by atoms with Gasteiger partial charge in [0.25, 0.3) is 0 Å². The molecule has 5 heteroatoms. The zero-order valence-electron chi connectivity index (χ0n) is 12.2. The van der Waals surface area contributed by atoms with Crippen LogP contribution in [0.3, 0.4) is 0 Å². The summed E-state index contributed by atoms with van der Waals surface area (Å²) in [6, 6.07) is 0. The van der Waals surface area contributed by atoms with Gasteiger partial charge < -0.3 is 19.5 Å². The van der Waals surface area contributed by atoms with Crippen molar-refractivity contribution in [3.8, 4) is 0 Å². The fourth-order valence-corrected chi connectivity index (χ4v) is 1.43. The van der Waals surface area contributed by atoms with Crippen molar-refractivity contribution in [3.05, 3.63) is 0 Å². The predicted octanol–water partition coefficient (Wildman–Crippen LogP) is -1.46. The highest BCUT2D eigenvalue weighted by atomic mass is 16.4. The number of rotatable bonds is 6. The van der Waals surface area contributed by atoms with Crippen molar-refractivity contribution in [2.75, 3.05) is 27.7 Å². The van der Waals surface area contributed by atoms with Gasteiger partial charge in [0.05, 0.1) is 21.1 Å². The Balaban J connectivity index is 5.09. The molecule has 88 valence electrons. The molecule has 5 nitrogen and oxygen atoms in total. The second-order valence-corrected chi connectivity index (χ2v) is 4.63. The van der Waals surface area contributed by atoms with Crippen molar-refractivity contribution < 1.29 is 28.4 Å². The number of likely N-dealkylation sites (N-methyl/N-ethyl adjacent to an activating group) is 1. The van der Waals surface area contributed by atoms with Crippen molar-refractivity contribution in [3.63, 3.8) is 0 Å². The fraction of sp³-hybridized carbons (Fsp3) is 0.800. The Bertz CT molecular complexity index is 335. The summed E-state index contributed by atoms with van der Waals surface area (Å²) in [7, 11) is 4.97. The number of aliphatic carboxylic acids is 1. The summed E-state index contributed by atoms with van der Waals surface area (Å²) in [5.41, 5.74) is -2.22. The predicted molar refractivity (Wildman–Crippen MR) is 52.8 cm³/mol. The molecule has 0 bridgehead atoms. The lowest BCUT2D eigenvalue weighted by Crippen LogP contribution is -2.55. The van der Waals surface area contributed by atoms with E-state index < -0.39 is 37.0 Å². The minimum Gasteiger partial charge on any atom is -0.550 e. The third-order valence-electron chi connectivity index (χ3n) is 1.85. The van der Waals surface area contributed by atoms with E-state index in [-0.39, 0.29) is 11.0 Å². The fourth-order valence-electron chi connectivity index (χ4n) is 1.43. The minimum atomic E-state index is -2.54. The van der Waals surface area contributed by atoms with E-state index in [1.807, 2.05) is 0 Å². The van der Waals surface area contributed by atoms with Gasteiger partial charge in [0.15, 0.2) is 11.4 Å². The first kappa shape index (κ1) is 9.30. The maximum absolute atomic E-state index is 11.8. The molecule has 0 aromatic rings. The standard InChI is InChI=1S/C10H19NO4/c1-5-8(12)10(15,6-9(13)14)7-11(2,3)4/h15H,5-7H2,1-4H3/i1D3. The van der Waals surface area contributed by atoms with E-state index in [1.54, 1.807) is 21.1 Å². The van der Waals surface area contributed by atoms with Crippen LogP contribution in [-0.2, 0) is 9.59 Å². The number of nitrogens with zero attached hydrogens (tertiary/aromatic N) is 1. The zero-order valence-corrected chi connectivity index (χ0v) is 9.24. The SMILES string of the molecule is [2H]C([2H])([2H])CC(=O)C(O)(CC(=O)[O-])C[N+](C)(C)C. The molecular weight excluding hydrogens is 198 g/mol. The number of hydrogen-bond acceptors (Lipinski definition) is 4. The van der Waals surface area contributed by atoms with E-state index in [0.29, 0.717) is 0 Å². The number of carboxylic acids is 1. The van der Waals surface area contributed by atoms with Gasteiger partial charge in [-0.1, -0.05) is 6.85 Å². The second kappa shape index (κ2) is 4.72. The molecule has 0 radical (unpaired) electrons. The third-order valence-corrected chi connectivity index (χ3v) is 1.85. The topological polar surface area (TPSA) is 77.4 Å². The molecule has 0 aromatic heterocycles. The van der Waals surface area contributed by atoms with Crippen LogP contribution < -0.4 is 5.11 Å². The summed E-state index contributed by atoms with van der Waals surface area (Å²) in [6.07, 6.45) is -1.77. The zero-order chi connectivity index (χ0) is 14.8. The van der Waals surface area contributed by atoms with E-state index in [0.717, 1.165) is 0 Å². The summed E-state index contributed by atoms with van der Waals surface area (Å²) in [4.78, 5) is 22.4. The van der Waals surface area contributed by atoms with Gasteiger partial charge in [0, 0.05) is 22.9 Å². The van der Waals surface area contributed by atoms with Gasteiger partial charge in [0.2, 0.25) is 0 Å². The number of carboxylic acid groups (broad SMARTS) is 1. The molecule has 0 aromatic carbocycles. The molecule has 0 aliphatic heterocycles. The number of carbonyl (C=O) groups excluding carboxylic acids is 2. The molecule has 0 aliphatic carbocycles. The first-order chi connectivity index (χ1) is 7.75. The number of carbonyl (C=O) groups is 2. The van der Waals surface area contributed by atoms with Crippen LogP contribution in [-0.4, -0.2) is 54.6 Å². The molecule has 0 spiro atoms. The number of aliphatic hydroxyl groups is 1. The van der Waals surface area contributed by atoms with E-state index in [2.05, 4.69) is 0 Å². The van der Waals surface area contributed by atoms with E-state index in [9.17, 15) is 19.8 Å². The summed E-state index contributed by atoms with van der Waals surface area (Å²) < 4.78 is 21.1. The van der Waals surface area contributed by atoms with Gasteiger partial charge in [-0.2, -0.15) is 0 Å². The van der Waals surface area contributed by atoms with E-state index in [1.165, 1.54) is 0 Å². The Kier molecular flexibility index (Phi) is 2.93. The first-order valence-corrected chi connectivity index (χ1v) is 4.51. The molecule has 0 aliphatic rings. The lowest BCUT2D eigenvalue weighted by molar-refractivity contribution is -0.875. The monoisotopic (exact) mass is 220 g/mol. The van der Waals surface area contributed by atoms with Crippen LogP contribution in [0.15, 0.2) is 0 Å². The van der Waals surface area contributed by atoms with Gasteiger partial charge >= 0.3 is 0 Å². The van der Waals surface area contributed by atoms with Crippen molar-refractivity contribution in [2.24, 2.45) is 0 Å². The average molecular weight is 220 g/mol. The van der Waals surface area contributed by atoms with Crippen LogP contribution in [0.5, 0.6) is 0 Å². The quantitative estimate of drug-likeness (QED) is 0.555. The number of Topliss-reactive ketones (excluding diaryl/α,β-unsaturated/α-hetero) is 1. The highest BCUT2D eigenvalue weighted by Crippen LogP contribution is 2.17. The molecule has 15 heavy (non-hydrogen) atoms. The first-order valence-electron chi connectivity index (χ1n) is 6.01. The van der Waals surface area contributed by atoms with E-state index in [4.69, 9.17) is 4.11 Å². The lowest BCUT2D eigenvalue weighted by atomic mass is 9.91. The van der Waals surface area contributed by atoms with Crippen molar-refractivity contribution in [2.45, 2.75) is 25.3 Å². The molecule has 0 saturated carbocycles. The molecule has 1 N–H and O–H groups in total. The summed E-state index contributed by atoms with van der Waals surface area (Å²) in [6.45, 7) is -2.74. The molecule has 1 atom stereocenters. The van der Waals surface area contributed by atoms with Gasteiger partial charge in [-0.25, -0.2) is 0 Å². The molecule has 1 unspecified atom stereocenters. The number of ketones is 1.